The summed E-state index contributed by atoms with van der Waals surface area (Å²) in [5.41, 5.74) is 0. The van der Waals surface area contributed by atoms with Gasteiger partial charge >= 0.3 is 0 Å². The molecular weight excluding hydrogens is 316 g/mol. The Bertz CT molecular complexity index is 383. The Balaban J connectivity index is 4.03. The van der Waals surface area contributed by atoms with Crippen molar-refractivity contribution in [2.24, 2.45) is 0 Å². The third kappa shape index (κ3) is 13.6. The third-order valence-corrected chi connectivity index (χ3v) is 4.13. The largest absolute Gasteiger partial charge is 0.356 e. The number of carbonyl (C=O) groups excluding carboxylic acids is 3. The minimum Gasteiger partial charge on any atom is -0.356 e. The lowest BCUT2D eigenvalue weighted by Crippen LogP contribution is -2.33. The van der Waals surface area contributed by atoms with E-state index in [-0.39, 0.29) is 11.8 Å². The molecule has 0 heterocycles. The van der Waals surface area contributed by atoms with E-state index in [0.717, 1.165) is 58.0 Å². The highest BCUT2D eigenvalue weighted by Gasteiger charge is 2.12. The molecule has 5 nitrogen and oxygen atoms in total. The third-order valence-electron chi connectivity index (χ3n) is 4.13. The summed E-state index contributed by atoms with van der Waals surface area (Å²) in [5.74, 6) is 0.646. The molecule has 0 aromatic heterocycles. The van der Waals surface area contributed by atoms with Crippen LogP contribution in [0, 0.1) is 0 Å². The second-order valence-electron chi connectivity index (χ2n) is 6.68. The molecular formula is C20H38N2O3. The van der Waals surface area contributed by atoms with E-state index < -0.39 is 0 Å². The molecule has 146 valence electrons. The maximum Gasteiger partial charge on any atom is 0.222 e. The molecule has 0 fully saturated rings. The van der Waals surface area contributed by atoms with Crippen molar-refractivity contribution in [3.05, 3.63) is 0 Å². The smallest absolute Gasteiger partial charge is 0.222 e. The maximum absolute atomic E-state index is 12.2. The molecule has 0 aromatic rings. The van der Waals surface area contributed by atoms with Gasteiger partial charge in [-0.1, -0.05) is 20.8 Å². The van der Waals surface area contributed by atoms with Gasteiger partial charge in [0.15, 0.2) is 0 Å². The van der Waals surface area contributed by atoms with E-state index in [4.69, 9.17) is 0 Å². The zero-order valence-electron chi connectivity index (χ0n) is 16.6. The molecule has 0 atom stereocenters. The molecule has 0 radical (unpaired) electrons. The average molecular weight is 355 g/mol. The van der Waals surface area contributed by atoms with E-state index in [1.807, 2.05) is 25.7 Å². The number of Topliss-reactive ketones (excluding diaryl/α,β-unsaturated/α-hetero) is 1. The van der Waals surface area contributed by atoms with Gasteiger partial charge < -0.3 is 10.2 Å². The van der Waals surface area contributed by atoms with Gasteiger partial charge in [-0.2, -0.15) is 0 Å². The summed E-state index contributed by atoms with van der Waals surface area (Å²) >= 11 is 0. The Morgan fingerprint density at radius 1 is 0.720 bits per heavy atom. The van der Waals surface area contributed by atoms with Crippen LogP contribution in [0.15, 0.2) is 0 Å². The second kappa shape index (κ2) is 16.1. The predicted octanol–water partition coefficient (Wildman–Crippen LogP) is 3.85. The van der Waals surface area contributed by atoms with Gasteiger partial charge in [0, 0.05) is 45.3 Å². The fourth-order valence-corrected chi connectivity index (χ4v) is 2.73. The lowest BCUT2D eigenvalue weighted by atomic mass is 10.1. The summed E-state index contributed by atoms with van der Waals surface area (Å²) in [5, 5.41) is 2.91. The number of nitrogens with zero attached hydrogens (tertiary/aromatic N) is 1. The van der Waals surface area contributed by atoms with Crippen molar-refractivity contribution >= 4 is 17.6 Å². The Morgan fingerprint density at radius 3 is 1.92 bits per heavy atom. The Labute approximate surface area is 153 Å². The standard InChI is InChI=1S/C20H38N2O3/c1-4-11-18(23)14-7-9-16-22(20(25)13-6-3)17-10-8-15-21-19(24)12-5-2/h4-17H2,1-3H3,(H,21,24). The molecule has 0 aliphatic heterocycles. The van der Waals surface area contributed by atoms with Gasteiger partial charge in [-0.3, -0.25) is 14.4 Å². The van der Waals surface area contributed by atoms with Gasteiger partial charge in [0.1, 0.15) is 5.78 Å². The van der Waals surface area contributed by atoms with Crippen molar-refractivity contribution in [1.82, 2.24) is 10.2 Å². The normalized spacial score (nSPS) is 10.5. The monoisotopic (exact) mass is 354 g/mol. The Hall–Kier alpha value is -1.39. The average Bonchev–Trinajstić information content (AvgIpc) is 2.57. The van der Waals surface area contributed by atoms with Crippen LogP contribution in [0.1, 0.15) is 91.4 Å². The quantitative estimate of drug-likeness (QED) is 0.428. The number of unbranched alkanes of at least 4 members (excludes halogenated alkanes) is 2. The van der Waals surface area contributed by atoms with Crippen LogP contribution < -0.4 is 5.32 Å². The van der Waals surface area contributed by atoms with Gasteiger partial charge in [-0.25, -0.2) is 0 Å². The molecule has 0 saturated heterocycles. The van der Waals surface area contributed by atoms with Crippen LogP contribution in [0.3, 0.4) is 0 Å². The van der Waals surface area contributed by atoms with Gasteiger partial charge in [0.05, 0.1) is 0 Å². The highest BCUT2D eigenvalue weighted by Crippen LogP contribution is 2.07. The van der Waals surface area contributed by atoms with Gasteiger partial charge in [-0.15, -0.1) is 0 Å². The van der Waals surface area contributed by atoms with Gasteiger partial charge in [0.2, 0.25) is 11.8 Å². The fraction of sp³-hybridized carbons (Fsp3) is 0.850. The zero-order valence-corrected chi connectivity index (χ0v) is 16.6. The first-order valence-corrected chi connectivity index (χ1v) is 10.1. The fourth-order valence-electron chi connectivity index (χ4n) is 2.73. The van der Waals surface area contributed by atoms with Crippen LogP contribution >= 0.6 is 0 Å². The Kier molecular flexibility index (Phi) is 15.2. The summed E-state index contributed by atoms with van der Waals surface area (Å²) in [6.45, 7) is 8.19. The first kappa shape index (κ1) is 23.6. The lowest BCUT2D eigenvalue weighted by molar-refractivity contribution is -0.131. The van der Waals surface area contributed by atoms with Crippen LogP contribution in [0.5, 0.6) is 0 Å². The molecule has 0 saturated carbocycles. The SMILES string of the molecule is CCCC(=O)CCCCN(CCCCNC(=O)CCC)C(=O)CCC. The van der Waals surface area contributed by atoms with Crippen LogP contribution in [0.4, 0.5) is 0 Å². The molecule has 0 bridgehead atoms. The van der Waals surface area contributed by atoms with Crippen molar-refractivity contribution in [2.45, 2.75) is 91.4 Å². The van der Waals surface area contributed by atoms with Crippen molar-refractivity contribution < 1.29 is 14.4 Å². The molecule has 5 heteroatoms. The first-order valence-electron chi connectivity index (χ1n) is 10.1. The first-order chi connectivity index (χ1) is 12.0. The van der Waals surface area contributed by atoms with E-state index in [2.05, 4.69) is 5.32 Å². The molecule has 0 aliphatic rings. The summed E-state index contributed by atoms with van der Waals surface area (Å²) in [4.78, 5) is 37.1. The molecule has 2 amide bonds. The van der Waals surface area contributed by atoms with Crippen molar-refractivity contribution in [2.75, 3.05) is 19.6 Å². The molecule has 0 aliphatic carbocycles. The van der Waals surface area contributed by atoms with Gasteiger partial charge in [-0.05, 0) is 44.9 Å². The molecule has 25 heavy (non-hydrogen) atoms. The number of amides is 2. The van der Waals surface area contributed by atoms with Crippen LogP contribution in [0.25, 0.3) is 0 Å². The number of carbonyl (C=O) groups is 3. The minimum absolute atomic E-state index is 0.109. The summed E-state index contributed by atoms with van der Waals surface area (Å²) in [6.07, 6.45) is 8.64. The maximum atomic E-state index is 12.2. The van der Waals surface area contributed by atoms with E-state index in [1.54, 1.807) is 0 Å². The van der Waals surface area contributed by atoms with E-state index in [9.17, 15) is 14.4 Å². The van der Waals surface area contributed by atoms with Gasteiger partial charge in [0.25, 0.3) is 0 Å². The minimum atomic E-state index is 0.109. The van der Waals surface area contributed by atoms with Crippen LogP contribution in [-0.4, -0.2) is 42.1 Å². The van der Waals surface area contributed by atoms with Crippen LogP contribution in [0.2, 0.25) is 0 Å². The highest BCUT2D eigenvalue weighted by molar-refractivity contribution is 5.78. The molecule has 0 unspecified atom stereocenters. The number of hydrogen-bond donors (Lipinski definition) is 1. The molecule has 1 N–H and O–H groups in total. The van der Waals surface area contributed by atoms with Crippen molar-refractivity contribution in [1.29, 1.82) is 0 Å². The number of ketones is 1. The summed E-state index contributed by atoms with van der Waals surface area (Å²) in [7, 11) is 0. The summed E-state index contributed by atoms with van der Waals surface area (Å²) < 4.78 is 0. The van der Waals surface area contributed by atoms with Crippen molar-refractivity contribution in [3.8, 4) is 0 Å². The number of nitrogens with one attached hydrogen (secondary N) is 1. The predicted molar refractivity (Wildman–Crippen MR) is 102 cm³/mol. The molecule has 0 rings (SSSR count). The number of hydrogen-bond acceptors (Lipinski definition) is 3. The zero-order chi connectivity index (χ0) is 18.9. The van der Waals surface area contributed by atoms with Crippen LogP contribution in [-0.2, 0) is 14.4 Å². The Morgan fingerprint density at radius 2 is 1.32 bits per heavy atom. The highest BCUT2D eigenvalue weighted by atomic mass is 16.2. The second-order valence-corrected chi connectivity index (χ2v) is 6.68. The summed E-state index contributed by atoms with van der Waals surface area (Å²) in [6, 6.07) is 0. The van der Waals surface area contributed by atoms with E-state index in [1.165, 1.54) is 0 Å². The van der Waals surface area contributed by atoms with E-state index >= 15 is 0 Å². The molecule has 0 spiro atoms. The van der Waals surface area contributed by atoms with E-state index in [0.29, 0.717) is 38.0 Å². The lowest BCUT2D eigenvalue weighted by Gasteiger charge is -2.22. The van der Waals surface area contributed by atoms with Crippen molar-refractivity contribution in [3.63, 3.8) is 0 Å². The molecule has 0 aromatic carbocycles. The number of rotatable bonds is 16. The topological polar surface area (TPSA) is 66.5 Å².